The molecule has 0 unspecified atom stereocenters. The van der Waals surface area contributed by atoms with Gasteiger partial charge in [-0.25, -0.2) is 13.1 Å². The first-order valence-electron chi connectivity index (χ1n) is 9.47. The summed E-state index contributed by atoms with van der Waals surface area (Å²) in [7, 11) is -8.60. The normalized spacial score (nSPS) is 11.9. The lowest BCUT2D eigenvalue weighted by Crippen LogP contribution is -2.28. The fourth-order valence-electron chi connectivity index (χ4n) is 3.12. The molecule has 0 aromatic heterocycles. The van der Waals surface area contributed by atoms with Gasteiger partial charge in [-0.3, -0.25) is 0 Å². The lowest BCUT2D eigenvalue weighted by atomic mass is 10.1. The predicted molar refractivity (Wildman–Crippen MR) is 117 cm³/mol. The Hall–Kier alpha value is -2.88. The summed E-state index contributed by atoms with van der Waals surface area (Å²) in [4.78, 5) is -0.893. The zero-order chi connectivity index (χ0) is 22.6. The minimum Gasteiger partial charge on any atom is -0.508 e. The van der Waals surface area contributed by atoms with E-state index in [0.29, 0.717) is 12.0 Å². The first kappa shape index (κ1) is 22.8. The number of aromatic hydroxyl groups is 1. The third-order valence-corrected chi connectivity index (χ3v) is 7.55. The molecule has 164 valence electrons. The van der Waals surface area contributed by atoms with Crippen molar-refractivity contribution in [1.82, 2.24) is 4.72 Å². The highest BCUT2D eigenvalue weighted by Crippen LogP contribution is 2.27. The largest absolute Gasteiger partial charge is 0.508 e. The van der Waals surface area contributed by atoms with Gasteiger partial charge in [0.15, 0.2) is 0 Å². The molecule has 0 aliphatic rings. The summed E-state index contributed by atoms with van der Waals surface area (Å²) in [5, 5.41) is 9.67. The molecule has 0 fully saturated rings. The van der Waals surface area contributed by atoms with E-state index >= 15 is 0 Å². The van der Waals surface area contributed by atoms with Crippen LogP contribution in [-0.4, -0.2) is 28.5 Å². The average molecular weight is 462 g/mol. The van der Waals surface area contributed by atoms with Crippen LogP contribution in [0.25, 0.3) is 0 Å². The Morgan fingerprint density at radius 2 is 1.52 bits per heavy atom. The molecule has 0 saturated carbocycles. The Balaban J connectivity index is 1.85. The van der Waals surface area contributed by atoms with Crippen LogP contribution in [0, 0.1) is 13.8 Å². The van der Waals surface area contributed by atoms with Gasteiger partial charge in [0.2, 0.25) is 10.0 Å². The highest BCUT2D eigenvalue weighted by atomic mass is 32.2. The number of hydrogen-bond acceptors (Lipinski definition) is 6. The van der Waals surface area contributed by atoms with E-state index in [0.717, 1.165) is 17.2 Å². The number of rotatable bonds is 8. The van der Waals surface area contributed by atoms with Crippen LogP contribution >= 0.6 is 0 Å². The highest BCUT2D eigenvalue weighted by molar-refractivity contribution is 7.91. The SMILES string of the molecule is Cc1cc(O)cc(OS(=O)(=O)c2ccccc2S(=O)(=O)NCCc2ccccc2C)c1. The van der Waals surface area contributed by atoms with E-state index in [2.05, 4.69) is 4.72 Å². The Kier molecular flexibility index (Phi) is 6.68. The number of aryl methyl sites for hydroxylation is 2. The number of benzene rings is 3. The van der Waals surface area contributed by atoms with Gasteiger partial charge in [0.25, 0.3) is 0 Å². The van der Waals surface area contributed by atoms with Crippen LogP contribution in [0.4, 0.5) is 0 Å². The molecule has 0 bridgehead atoms. The van der Waals surface area contributed by atoms with Crippen LogP contribution in [0.1, 0.15) is 16.7 Å². The summed E-state index contributed by atoms with van der Waals surface area (Å²) in [6, 6.07) is 16.9. The first-order valence-corrected chi connectivity index (χ1v) is 12.4. The molecule has 0 heterocycles. The lowest BCUT2D eigenvalue weighted by molar-refractivity contribution is 0.461. The molecular formula is C22H23NO6S2. The summed E-state index contributed by atoms with van der Waals surface area (Å²) in [5.41, 5.74) is 2.62. The summed E-state index contributed by atoms with van der Waals surface area (Å²) in [6.45, 7) is 3.70. The number of sulfonamides is 1. The molecule has 0 aliphatic carbocycles. The van der Waals surface area contributed by atoms with E-state index in [1.54, 1.807) is 6.92 Å². The van der Waals surface area contributed by atoms with E-state index in [9.17, 15) is 21.9 Å². The maximum Gasteiger partial charge on any atom is 0.340 e. The molecule has 0 spiro atoms. The van der Waals surface area contributed by atoms with E-state index in [4.69, 9.17) is 4.18 Å². The van der Waals surface area contributed by atoms with E-state index in [-0.39, 0.29) is 18.0 Å². The Morgan fingerprint density at radius 3 is 2.19 bits per heavy atom. The molecule has 3 aromatic rings. The van der Waals surface area contributed by atoms with Crippen molar-refractivity contribution in [2.75, 3.05) is 6.54 Å². The molecular weight excluding hydrogens is 438 g/mol. The average Bonchev–Trinajstić information content (AvgIpc) is 2.68. The minimum atomic E-state index is -4.47. The van der Waals surface area contributed by atoms with Crippen LogP contribution in [0.15, 0.2) is 76.5 Å². The van der Waals surface area contributed by atoms with Crippen molar-refractivity contribution in [3.8, 4) is 11.5 Å². The molecule has 31 heavy (non-hydrogen) atoms. The molecule has 2 N–H and O–H groups in total. The lowest BCUT2D eigenvalue weighted by Gasteiger charge is -2.13. The zero-order valence-electron chi connectivity index (χ0n) is 17.1. The summed E-state index contributed by atoms with van der Waals surface area (Å²) in [6.07, 6.45) is 0.458. The van der Waals surface area contributed by atoms with Crippen LogP contribution < -0.4 is 8.91 Å². The van der Waals surface area contributed by atoms with Gasteiger partial charge < -0.3 is 9.29 Å². The van der Waals surface area contributed by atoms with E-state index < -0.39 is 29.9 Å². The third-order valence-electron chi connectivity index (χ3n) is 4.60. The van der Waals surface area contributed by atoms with Gasteiger partial charge in [-0.05, 0) is 61.2 Å². The maximum atomic E-state index is 12.9. The molecule has 0 aliphatic heterocycles. The van der Waals surface area contributed by atoms with Gasteiger partial charge in [0.05, 0.1) is 0 Å². The smallest absolute Gasteiger partial charge is 0.340 e. The summed E-state index contributed by atoms with van der Waals surface area (Å²) < 4.78 is 59.0. The zero-order valence-corrected chi connectivity index (χ0v) is 18.7. The van der Waals surface area contributed by atoms with Crippen molar-refractivity contribution in [3.63, 3.8) is 0 Å². The number of phenolic OH excluding ortho intramolecular Hbond substituents is 1. The van der Waals surface area contributed by atoms with Gasteiger partial charge in [-0.15, -0.1) is 0 Å². The summed E-state index contributed by atoms with van der Waals surface area (Å²) in [5.74, 6) is -0.277. The van der Waals surface area contributed by atoms with Crippen molar-refractivity contribution in [1.29, 1.82) is 0 Å². The summed E-state index contributed by atoms with van der Waals surface area (Å²) >= 11 is 0. The van der Waals surface area contributed by atoms with Gasteiger partial charge in [-0.2, -0.15) is 8.42 Å². The Labute approximate surface area is 182 Å². The van der Waals surface area contributed by atoms with Crippen LogP contribution in [0.2, 0.25) is 0 Å². The molecule has 0 radical (unpaired) electrons. The van der Waals surface area contributed by atoms with Crippen molar-refractivity contribution < 1.29 is 26.1 Å². The maximum absolute atomic E-state index is 12.9. The predicted octanol–water partition coefficient (Wildman–Crippen LogP) is 3.30. The van der Waals surface area contributed by atoms with Crippen molar-refractivity contribution in [2.45, 2.75) is 30.1 Å². The monoisotopic (exact) mass is 461 g/mol. The van der Waals surface area contributed by atoms with Gasteiger partial charge >= 0.3 is 10.1 Å². The number of nitrogens with one attached hydrogen (secondary N) is 1. The molecule has 3 aromatic carbocycles. The topological polar surface area (TPSA) is 110 Å². The van der Waals surface area contributed by atoms with Gasteiger partial charge in [-0.1, -0.05) is 36.4 Å². The first-order chi connectivity index (χ1) is 14.6. The van der Waals surface area contributed by atoms with Crippen molar-refractivity contribution in [2.24, 2.45) is 0 Å². The third kappa shape index (κ3) is 5.63. The molecule has 7 nitrogen and oxygen atoms in total. The molecule has 3 rings (SSSR count). The number of hydrogen-bond donors (Lipinski definition) is 2. The second-order valence-electron chi connectivity index (χ2n) is 7.06. The fourth-order valence-corrected chi connectivity index (χ4v) is 5.87. The standard InChI is InChI=1S/C22H23NO6S2/c1-16-13-19(24)15-20(14-16)29-31(27,28)22-10-6-5-9-21(22)30(25,26)23-12-11-18-8-4-3-7-17(18)2/h3-10,13-15,23-24H,11-12H2,1-2H3. The molecule has 0 saturated heterocycles. The molecule has 0 atom stereocenters. The van der Waals surface area contributed by atoms with Crippen LogP contribution in [0.5, 0.6) is 11.5 Å². The Bertz CT molecular complexity index is 1280. The van der Waals surface area contributed by atoms with Crippen LogP contribution in [-0.2, 0) is 26.6 Å². The molecule has 0 amide bonds. The van der Waals surface area contributed by atoms with Crippen molar-refractivity contribution >= 4 is 20.1 Å². The quantitative estimate of drug-likeness (QED) is 0.498. The Morgan fingerprint density at radius 1 is 0.871 bits per heavy atom. The van der Waals surface area contributed by atoms with Gasteiger partial charge in [0, 0.05) is 12.6 Å². The fraction of sp³-hybridized carbons (Fsp3) is 0.182. The van der Waals surface area contributed by atoms with E-state index in [1.165, 1.54) is 36.4 Å². The highest BCUT2D eigenvalue weighted by Gasteiger charge is 2.28. The second-order valence-corrected chi connectivity index (χ2v) is 10.3. The number of phenols is 1. The van der Waals surface area contributed by atoms with Crippen LogP contribution in [0.3, 0.4) is 0 Å². The second kappa shape index (κ2) is 9.09. The van der Waals surface area contributed by atoms with Gasteiger partial charge in [0.1, 0.15) is 21.3 Å². The molecule has 9 heteroatoms. The minimum absolute atomic E-state index is 0.105. The van der Waals surface area contributed by atoms with E-state index in [1.807, 2.05) is 31.2 Å². The van der Waals surface area contributed by atoms with Crippen molar-refractivity contribution in [3.05, 3.63) is 83.4 Å².